The van der Waals surface area contributed by atoms with Gasteiger partial charge in [0.05, 0.1) is 15.7 Å². The summed E-state index contributed by atoms with van der Waals surface area (Å²) in [7, 11) is 0. The molecule has 0 fully saturated rings. The molecule has 2 N–H and O–H groups in total. The van der Waals surface area contributed by atoms with Crippen molar-refractivity contribution in [3.05, 3.63) is 38.6 Å². The Hall–Kier alpha value is -1.10. The molecule has 0 atom stereocenters. The summed E-state index contributed by atoms with van der Waals surface area (Å²) in [6, 6.07) is 5.25. The summed E-state index contributed by atoms with van der Waals surface area (Å²) in [4.78, 5) is 15.0. The molecule has 3 nitrogen and oxygen atoms in total. The van der Waals surface area contributed by atoms with Gasteiger partial charge in [0.2, 0.25) is 0 Å². The van der Waals surface area contributed by atoms with E-state index >= 15 is 0 Å². The number of nitrogens with zero attached hydrogens (tertiary/aromatic N) is 1. The van der Waals surface area contributed by atoms with Crippen LogP contribution in [0.3, 0.4) is 0 Å². The molecule has 0 bridgehead atoms. The van der Waals surface area contributed by atoms with Crippen LogP contribution in [0.1, 0.15) is 9.80 Å². The van der Waals surface area contributed by atoms with Gasteiger partial charge in [-0.3, -0.25) is 4.79 Å². The third kappa shape index (κ3) is 2.04. The van der Waals surface area contributed by atoms with Gasteiger partial charge in [-0.2, -0.15) is 0 Å². The van der Waals surface area contributed by atoms with E-state index < -0.39 is 5.91 Å². The van der Waals surface area contributed by atoms with Crippen LogP contribution in [0, 0.1) is 0 Å². The number of amides is 1. The molecular formula is C10H6Cl2N2OS. The van der Waals surface area contributed by atoms with Gasteiger partial charge in [-0.25, -0.2) is 4.98 Å². The maximum absolute atomic E-state index is 10.9. The fourth-order valence-corrected chi connectivity index (χ4v) is 2.28. The zero-order chi connectivity index (χ0) is 11.7. The molecule has 0 aliphatic heterocycles. The summed E-state index contributed by atoms with van der Waals surface area (Å²) >= 11 is 13.1. The number of carbonyl (C=O) groups excluding carboxylic acids is 1. The Morgan fingerprint density at radius 3 is 2.75 bits per heavy atom. The molecule has 2 rings (SSSR count). The second-order valence-electron chi connectivity index (χ2n) is 3.00. The molecule has 1 heterocycles. The smallest absolute Gasteiger partial charge is 0.277 e. The molecule has 1 aromatic heterocycles. The first kappa shape index (κ1) is 11.4. The van der Waals surface area contributed by atoms with E-state index in [4.69, 9.17) is 28.9 Å². The van der Waals surface area contributed by atoms with Crippen LogP contribution in [0.5, 0.6) is 0 Å². The number of benzene rings is 1. The number of halogens is 2. The summed E-state index contributed by atoms with van der Waals surface area (Å²) in [5.41, 5.74) is 6.42. The lowest BCUT2D eigenvalue weighted by molar-refractivity contribution is 0.1000. The molecule has 1 amide bonds. The summed E-state index contributed by atoms with van der Waals surface area (Å²) in [6.45, 7) is 0. The summed E-state index contributed by atoms with van der Waals surface area (Å²) in [5, 5.41) is 2.85. The molecule has 82 valence electrons. The lowest BCUT2D eigenvalue weighted by Crippen LogP contribution is -2.10. The highest BCUT2D eigenvalue weighted by Gasteiger charge is 2.12. The third-order valence-corrected chi connectivity index (χ3v) is 3.62. The highest BCUT2D eigenvalue weighted by atomic mass is 35.5. The van der Waals surface area contributed by atoms with E-state index in [9.17, 15) is 4.79 Å². The Labute approximate surface area is 106 Å². The van der Waals surface area contributed by atoms with Crippen LogP contribution < -0.4 is 5.73 Å². The molecule has 0 spiro atoms. The summed E-state index contributed by atoms with van der Waals surface area (Å²) in [5.74, 6) is -0.547. The first-order valence-electron chi connectivity index (χ1n) is 4.29. The van der Waals surface area contributed by atoms with E-state index in [0.29, 0.717) is 21.3 Å². The number of aromatic nitrogens is 1. The average Bonchev–Trinajstić information content (AvgIpc) is 2.71. The van der Waals surface area contributed by atoms with E-state index in [1.165, 1.54) is 11.3 Å². The summed E-state index contributed by atoms with van der Waals surface area (Å²) in [6.07, 6.45) is 0. The Kier molecular flexibility index (Phi) is 3.14. The van der Waals surface area contributed by atoms with Crippen LogP contribution in [0.25, 0.3) is 11.3 Å². The molecule has 0 saturated heterocycles. The Morgan fingerprint density at radius 2 is 2.12 bits per heavy atom. The molecule has 0 saturated carbocycles. The van der Waals surface area contributed by atoms with Crippen molar-refractivity contribution in [1.82, 2.24) is 4.98 Å². The van der Waals surface area contributed by atoms with Gasteiger partial charge in [0.1, 0.15) is 0 Å². The highest BCUT2D eigenvalue weighted by Crippen LogP contribution is 2.33. The van der Waals surface area contributed by atoms with E-state index in [1.807, 2.05) is 0 Å². The average molecular weight is 273 g/mol. The lowest BCUT2D eigenvalue weighted by atomic mass is 10.2. The zero-order valence-corrected chi connectivity index (χ0v) is 10.2. The van der Waals surface area contributed by atoms with Gasteiger partial charge in [0, 0.05) is 10.9 Å². The van der Waals surface area contributed by atoms with Crippen molar-refractivity contribution in [1.29, 1.82) is 0 Å². The number of carbonyl (C=O) groups is 1. The minimum atomic E-state index is -0.547. The molecule has 0 aliphatic carbocycles. The van der Waals surface area contributed by atoms with Crippen molar-refractivity contribution in [3.63, 3.8) is 0 Å². The maximum Gasteiger partial charge on any atom is 0.277 e. The van der Waals surface area contributed by atoms with Crippen molar-refractivity contribution in [2.45, 2.75) is 0 Å². The van der Waals surface area contributed by atoms with Gasteiger partial charge in [0.25, 0.3) is 5.91 Å². The highest BCUT2D eigenvalue weighted by molar-refractivity contribution is 7.12. The minimum Gasteiger partial charge on any atom is -0.364 e. The molecular weight excluding hydrogens is 267 g/mol. The van der Waals surface area contributed by atoms with E-state index in [2.05, 4.69) is 4.98 Å². The van der Waals surface area contributed by atoms with Gasteiger partial charge in [0.15, 0.2) is 5.01 Å². The number of rotatable bonds is 2. The molecule has 0 unspecified atom stereocenters. The topological polar surface area (TPSA) is 56.0 Å². The maximum atomic E-state index is 10.9. The molecule has 16 heavy (non-hydrogen) atoms. The Balaban J connectivity index is 2.50. The van der Waals surface area contributed by atoms with Crippen LogP contribution in [0.4, 0.5) is 0 Å². The number of primary amides is 1. The quantitative estimate of drug-likeness (QED) is 0.913. The largest absolute Gasteiger partial charge is 0.364 e. The standard InChI is InChI=1S/C10H6Cl2N2OS/c11-6-3-1-2-5(8(6)12)7-4-16-10(14-7)9(13)15/h1-4H,(H2,13,15). The van der Waals surface area contributed by atoms with Crippen molar-refractivity contribution in [3.8, 4) is 11.3 Å². The van der Waals surface area contributed by atoms with Crippen LogP contribution in [0.15, 0.2) is 23.6 Å². The Morgan fingerprint density at radius 1 is 1.38 bits per heavy atom. The number of hydrogen-bond donors (Lipinski definition) is 1. The number of hydrogen-bond acceptors (Lipinski definition) is 3. The molecule has 6 heteroatoms. The van der Waals surface area contributed by atoms with Crippen molar-refractivity contribution in [2.24, 2.45) is 5.73 Å². The van der Waals surface area contributed by atoms with Gasteiger partial charge in [-0.05, 0) is 6.07 Å². The van der Waals surface area contributed by atoms with E-state index in [-0.39, 0.29) is 5.01 Å². The van der Waals surface area contributed by atoms with Crippen molar-refractivity contribution < 1.29 is 4.79 Å². The van der Waals surface area contributed by atoms with Crippen LogP contribution >= 0.6 is 34.5 Å². The monoisotopic (exact) mass is 272 g/mol. The minimum absolute atomic E-state index is 0.256. The second kappa shape index (κ2) is 4.41. The van der Waals surface area contributed by atoms with Gasteiger partial charge in [-0.15, -0.1) is 11.3 Å². The van der Waals surface area contributed by atoms with E-state index in [0.717, 1.165) is 0 Å². The first-order chi connectivity index (χ1) is 7.59. The second-order valence-corrected chi connectivity index (χ2v) is 4.65. The fraction of sp³-hybridized carbons (Fsp3) is 0. The Bertz CT molecular complexity index is 554. The lowest BCUT2D eigenvalue weighted by Gasteiger charge is -2.01. The predicted octanol–water partition coefficient (Wildman–Crippen LogP) is 3.22. The molecule has 1 aromatic carbocycles. The third-order valence-electron chi connectivity index (χ3n) is 1.94. The predicted molar refractivity (Wildman–Crippen MR) is 66.1 cm³/mol. The van der Waals surface area contributed by atoms with Gasteiger partial charge >= 0.3 is 0 Å². The first-order valence-corrected chi connectivity index (χ1v) is 5.93. The van der Waals surface area contributed by atoms with Gasteiger partial charge < -0.3 is 5.73 Å². The molecule has 0 aliphatic rings. The molecule has 0 radical (unpaired) electrons. The normalized spacial score (nSPS) is 10.4. The number of nitrogens with two attached hydrogens (primary N) is 1. The van der Waals surface area contributed by atoms with Crippen molar-refractivity contribution in [2.75, 3.05) is 0 Å². The molecule has 2 aromatic rings. The van der Waals surface area contributed by atoms with Crippen LogP contribution in [0.2, 0.25) is 10.0 Å². The van der Waals surface area contributed by atoms with Crippen LogP contribution in [-0.4, -0.2) is 10.9 Å². The van der Waals surface area contributed by atoms with E-state index in [1.54, 1.807) is 23.6 Å². The zero-order valence-electron chi connectivity index (χ0n) is 7.91. The number of thiazole rings is 1. The van der Waals surface area contributed by atoms with Crippen molar-refractivity contribution >= 4 is 40.4 Å². The SMILES string of the molecule is NC(=O)c1nc(-c2cccc(Cl)c2Cl)cs1. The van der Waals surface area contributed by atoms with Gasteiger partial charge in [-0.1, -0.05) is 35.3 Å². The van der Waals surface area contributed by atoms with Crippen LogP contribution in [-0.2, 0) is 0 Å². The fourth-order valence-electron chi connectivity index (χ4n) is 1.21. The summed E-state index contributed by atoms with van der Waals surface area (Å²) < 4.78 is 0.